The van der Waals surface area contributed by atoms with Gasteiger partial charge in [0.25, 0.3) is 0 Å². The Morgan fingerprint density at radius 3 is 2.65 bits per heavy atom. The zero-order chi connectivity index (χ0) is 14.4. The van der Waals surface area contributed by atoms with Gasteiger partial charge >= 0.3 is 6.03 Å². The van der Waals surface area contributed by atoms with Gasteiger partial charge in [-0.1, -0.05) is 0 Å². The van der Waals surface area contributed by atoms with Crippen molar-refractivity contribution in [2.24, 2.45) is 0 Å². The van der Waals surface area contributed by atoms with Crippen molar-refractivity contribution < 1.29 is 14.3 Å². The Morgan fingerprint density at radius 1 is 1.20 bits per heavy atom. The number of hydrogen-bond donors (Lipinski definition) is 2. The third-order valence-electron chi connectivity index (χ3n) is 3.39. The number of halogens is 1. The second-order valence-corrected chi connectivity index (χ2v) is 4.84. The van der Waals surface area contributed by atoms with E-state index in [4.69, 9.17) is 5.11 Å². The van der Waals surface area contributed by atoms with Crippen LogP contribution in [0.4, 0.5) is 14.9 Å². The van der Waals surface area contributed by atoms with E-state index in [0.717, 1.165) is 19.5 Å². The monoisotopic (exact) mass is 281 g/mol. The van der Waals surface area contributed by atoms with E-state index in [1.54, 1.807) is 17.0 Å². The molecule has 0 bridgehead atoms. The van der Waals surface area contributed by atoms with E-state index >= 15 is 0 Å². The molecule has 0 aromatic heterocycles. The number of carbonyl (C=O) groups excluding carboxylic acids is 1. The van der Waals surface area contributed by atoms with Gasteiger partial charge in [0, 0.05) is 31.9 Å². The number of hydrogen-bond acceptors (Lipinski definition) is 3. The maximum atomic E-state index is 12.8. The largest absolute Gasteiger partial charge is 0.395 e. The Morgan fingerprint density at radius 2 is 1.95 bits per heavy atom. The molecule has 2 amide bonds. The highest BCUT2D eigenvalue weighted by Crippen LogP contribution is 2.10. The summed E-state index contributed by atoms with van der Waals surface area (Å²) in [7, 11) is 0. The number of aliphatic hydroxyl groups excluding tert-OH is 1. The molecule has 1 aromatic rings. The normalized spacial score (nSPS) is 16.8. The molecule has 0 aliphatic carbocycles. The molecule has 0 spiro atoms. The maximum absolute atomic E-state index is 12.8. The van der Waals surface area contributed by atoms with Gasteiger partial charge in [0.15, 0.2) is 0 Å². The molecule has 1 aromatic carbocycles. The number of urea groups is 1. The van der Waals surface area contributed by atoms with Gasteiger partial charge in [-0.2, -0.15) is 0 Å². The number of amides is 2. The van der Waals surface area contributed by atoms with Crippen LogP contribution in [0.1, 0.15) is 6.42 Å². The smallest absolute Gasteiger partial charge is 0.321 e. The zero-order valence-electron chi connectivity index (χ0n) is 11.4. The summed E-state index contributed by atoms with van der Waals surface area (Å²) in [6.07, 6.45) is 0.886. The van der Waals surface area contributed by atoms with E-state index in [1.807, 2.05) is 0 Å². The van der Waals surface area contributed by atoms with E-state index in [0.29, 0.717) is 25.3 Å². The number of aliphatic hydroxyl groups is 1. The Kier molecular flexibility index (Phi) is 5.31. The average molecular weight is 281 g/mol. The van der Waals surface area contributed by atoms with Crippen LogP contribution in [0.3, 0.4) is 0 Å². The Balaban J connectivity index is 1.87. The fraction of sp³-hybridized carbons (Fsp3) is 0.500. The summed E-state index contributed by atoms with van der Waals surface area (Å²) < 4.78 is 12.8. The minimum Gasteiger partial charge on any atom is -0.395 e. The highest BCUT2D eigenvalue weighted by molar-refractivity contribution is 5.89. The summed E-state index contributed by atoms with van der Waals surface area (Å²) in [4.78, 5) is 16.0. The molecule has 0 radical (unpaired) electrons. The summed E-state index contributed by atoms with van der Waals surface area (Å²) in [6.45, 7) is 3.76. The number of carbonyl (C=O) groups is 1. The van der Waals surface area contributed by atoms with E-state index in [2.05, 4.69) is 10.2 Å². The van der Waals surface area contributed by atoms with Crippen LogP contribution in [0, 0.1) is 5.82 Å². The molecule has 1 fully saturated rings. The lowest BCUT2D eigenvalue weighted by Crippen LogP contribution is -2.38. The number of nitrogens with one attached hydrogen (secondary N) is 1. The molecule has 0 atom stereocenters. The van der Waals surface area contributed by atoms with Crippen molar-refractivity contribution in [1.82, 2.24) is 9.80 Å². The van der Waals surface area contributed by atoms with E-state index in [9.17, 15) is 9.18 Å². The quantitative estimate of drug-likeness (QED) is 0.879. The molecule has 1 heterocycles. The Hall–Kier alpha value is -1.66. The van der Waals surface area contributed by atoms with Crippen molar-refractivity contribution in [2.75, 3.05) is 44.6 Å². The fourth-order valence-corrected chi connectivity index (χ4v) is 2.27. The van der Waals surface area contributed by atoms with Crippen molar-refractivity contribution in [3.05, 3.63) is 30.1 Å². The highest BCUT2D eigenvalue weighted by atomic mass is 19.1. The van der Waals surface area contributed by atoms with E-state index in [-0.39, 0.29) is 18.5 Å². The van der Waals surface area contributed by atoms with Crippen molar-refractivity contribution in [3.63, 3.8) is 0 Å². The number of β-amino-alcohol motifs (C(OH)–C–C–N with tert-alkyl or cyclic N) is 1. The SMILES string of the molecule is O=C(Nc1ccc(F)cc1)N1CCCN(CCO)CC1. The predicted octanol–water partition coefficient (Wildman–Crippen LogP) is 1.36. The van der Waals surface area contributed by atoms with Crippen LogP contribution in [0.2, 0.25) is 0 Å². The van der Waals surface area contributed by atoms with Gasteiger partial charge in [-0.05, 0) is 37.2 Å². The van der Waals surface area contributed by atoms with Gasteiger partial charge in [0.05, 0.1) is 6.61 Å². The molecule has 20 heavy (non-hydrogen) atoms. The van der Waals surface area contributed by atoms with Crippen molar-refractivity contribution in [2.45, 2.75) is 6.42 Å². The van der Waals surface area contributed by atoms with Gasteiger partial charge in [-0.25, -0.2) is 9.18 Å². The van der Waals surface area contributed by atoms with E-state index < -0.39 is 0 Å². The maximum Gasteiger partial charge on any atom is 0.321 e. The summed E-state index contributed by atoms with van der Waals surface area (Å²) in [6, 6.07) is 5.57. The molecule has 2 N–H and O–H groups in total. The average Bonchev–Trinajstić information content (AvgIpc) is 2.67. The van der Waals surface area contributed by atoms with Gasteiger partial charge < -0.3 is 15.3 Å². The van der Waals surface area contributed by atoms with Crippen molar-refractivity contribution in [3.8, 4) is 0 Å². The second-order valence-electron chi connectivity index (χ2n) is 4.84. The molecule has 5 nitrogen and oxygen atoms in total. The first-order valence-corrected chi connectivity index (χ1v) is 6.84. The first kappa shape index (κ1) is 14.7. The van der Waals surface area contributed by atoms with Crippen LogP contribution in [0.5, 0.6) is 0 Å². The minimum atomic E-state index is -0.322. The van der Waals surface area contributed by atoms with Crippen LogP contribution in [-0.4, -0.2) is 60.3 Å². The molecule has 1 aliphatic heterocycles. The number of anilines is 1. The number of nitrogens with zero attached hydrogens (tertiary/aromatic N) is 2. The van der Waals surface area contributed by atoms with Crippen molar-refractivity contribution in [1.29, 1.82) is 0 Å². The Bertz CT molecular complexity index is 439. The topological polar surface area (TPSA) is 55.8 Å². The van der Waals surface area contributed by atoms with Crippen LogP contribution in [-0.2, 0) is 0 Å². The van der Waals surface area contributed by atoms with Crippen LogP contribution >= 0.6 is 0 Å². The van der Waals surface area contributed by atoms with Crippen LogP contribution in [0.15, 0.2) is 24.3 Å². The highest BCUT2D eigenvalue weighted by Gasteiger charge is 2.18. The molecule has 0 saturated carbocycles. The molecule has 0 unspecified atom stereocenters. The molecular formula is C14H20FN3O2. The third-order valence-corrected chi connectivity index (χ3v) is 3.39. The lowest BCUT2D eigenvalue weighted by molar-refractivity contribution is 0.194. The molecule has 2 rings (SSSR count). The Labute approximate surface area is 118 Å². The standard InChI is InChI=1S/C14H20FN3O2/c15-12-2-4-13(5-3-12)16-14(20)18-7-1-6-17(8-9-18)10-11-19/h2-5,19H,1,6-11H2,(H,16,20). The minimum absolute atomic E-state index is 0.141. The molecule has 6 heteroatoms. The fourth-order valence-electron chi connectivity index (χ4n) is 2.27. The van der Waals surface area contributed by atoms with E-state index in [1.165, 1.54) is 12.1 Å². The first-order valence-electron chi connectivity index (χ1n) is 6.84. The lowest BCUT2D eigenvalue weighted by atomic mass is 10.3. The first-order chi connectivity index (χ1) is 9.69. The lowest BCUT2D eigenvalue weighted by Gasteiger charge is -2.21. The van der Waals surface area contributed by atoms with Gasteiger partial charge in [-0.15, -0.1) is 0 Å². The number of rotatable bonds is 3. The molecule has 1 saturated heterocycles. The zero-order valence-corrected chi connectivity index (χ0v) is 11.4. The molecular weight excluding hydrogens is 261 g/mol. The van der Waals surface area contributed by atoms with Crippen LogP contribution < -0.4 is 5.32 Å². The van der Waals surface area contributed by atoms with Gasteiger partial charge in [-0.3, -0.25) is 4.90 Å². The molecule has 1 aliphatic rings. The third kappa shape index (κ3) is 4.18. The van der Waals surface area contributed by atoms with Crippen LogP contribution in [0.25, 0.3) is 0 Å². The summed E-state index contributed by atoms with van der Waals surface area (Å²) >= 11 is 0. The van der Waals surface area contributed by atoms with Gasteiger partial charge in [0.1, 0.15) is 5.82 Å². The predicted molar refractivity (Wildman–Crippen MR) is 75.1 cm³/mol. The van der Waals surface area contributed by atoms with Gasteiger partial charge in [0.2, 0.25) is 0 Å². The second kappa shape index (κ2) is 7.21. The number of benzene rings is 1. The summed E-state index contributed by atoms with van der Waals surface area (Å²) in [5, 5.41) is 11.7. The molecule has 110 valence electrons. The van der Waals surface area contributed by atoms with Crippen molar-refractivity contribution >= 4 is 11.7 Å². The summed E-state index contributed by atoms with van der Waals surface area (Å²) in [5.41, 5.74) is 0.591. The summed E-state index contributed by atoms with van der Waals surface area (Å²) in [5.74, 6) is -0.322.